The zero-order chi connectivity index (χ0) is 15.9. The van der Waals surface area contributed by atoms with Gasteiger partial charge in [-0.05, 0) is 43.6 Å². The average molecular weight is 324 g/mol. The quantitative estimate of drug-likeness (QED) is 0.808. The molecule has 5 nitrogen and oxygen atoms in total. The van der Waals surface area contributed by atoms with Crippen LogP contribution in [-0.4, -0.2) is 42.4 Å². The average Bonchev–Trinajstić information content (AvgIpc) is 2.99. The van der Waals surface area contributed by atoms with E-state index in [1.54, 1.807) is 12.1 Å². The highest BCUT2D eigenvalue weighted by atomic mass is 35.5. The van der Waals surface area contributed by atoms with Crippen molar-refractivity contribution in [2.75, 3.05) is 19.6 Å². The summed E-state index contributed by atoms with van der Waals surface area (Å²) >= 11 is 5.80. The molecule has 0 spiro atoms. The molecule has 0 radical (unpaired) electrons. The smallest absolute Gasteiger partial charge is 0.309 e. The molecule has 2 amide bonds. The SMILES string of the molecule is CCN1CCC[C@H]1CNC(=O)C(=O)NCc1ccc(Cl)cc1. The Kier molecular flexibility index (Phi) is 6.21. The summed E-state index contributed by atoms with van der Waals surface area (Å²) in [6.45, 7) is 5.00. The van der Waals surface area contributed by atoms with E-state index >= 15 is 0 Å². The van der Waals surface area contributed by atoms with Crippen LogP contribution in [-0.2, 0) is 16.1 Å². The summed E-state index contributed by atoms with van der Waals surface area (Å²) in [4.78, 5) is 25.9. The van der Waals surface area contributed by atoms with Crippen molar-refractivity contribution >= 4 is 23.4 Å². The van der Waals surface area contributed by atoms with Gasteiger partial charge in [0.1, 0.15) is 0 Å². The van der Waals surface area contributed by atoms with Crippen LogP contribution in [0.1, 0.15) is 25.3 Å². The van der Waals surface area contributed by atoms with Crippen LogP contribution in [0.3, 0.4) is 0 Å². The molecular formula is C16H22ClN3O2. The molecule has 2 rings (SSSR count). The molecule has 1 aliphatic rings. The van der Waals surface area contributed by atoms with Crippen LogP contribution >= 0.6 is 11.6 Å². The van der Waals surface area contributed by atoms with Crippen LogP contribution in [0.2, 0.25) is 5.02 Å². The van der Waals surface area contributed by atoms with Gasteiger partial charge in [0, 0.05) is 24.2 Å². The van der Waals surface area contributed by atoms with Crippen molar-refractivity contribution in [3.8, 4) is 0 Å². The van der Waals surface area contributed by atoms with Crippen LogP contribution in [0.4, 0.5) is 0 Å². The molecule has 1 aromatic rings. The van der Waals surface area contributed by atoms with Crippen molar-refractivity contribution in [3.63, 3.8) is 0 Å². The van der Waals surface area contributed by atoms with E-state index in [2.05, 4.69) is 22.5 Å². The number of hydrogen-bond donors (Lipinski definition) is 2. The highest BCUT2D eigenvalue weighted by molar-refractivity contribution is 6.35. The van der Waals surface area contributed by atoms with Gasteiger partial charge in [0.25, 0.3) is 0 Å². The number of hydrogen-bond acceptors (Lipinski definition) is 3. The molecule has 1 atom stereocenters. The molecule has 0 unspecified atom stereocenters. The number of likely N-dealkylation sites (tertiary alicyclic amines) is 1. The Morgan fingerprint density at radius 2 is 1.91 bits per heavy atom. The van der Waals surface area contributed by atoms with E-state index in [9.17, 15) is 9.59 Å². The van der Waals surface area contributed by atoms with Crippen LogP contribution in [0.25, 0.3) is 0 Å². The second-order valence-corrected chi connectivity index (χ2v) is 5.88. The van der Waals surface area contributed by atoms with E-state index in [1.807, 2.05) is 12.1 Å². The Hall–Kier alpha value is -1.59. The standard InChI is InChI=1S/C16H22ClN3O2/c1-2-20-9-3-4-14(20)11-19-16(22)15(21)18-10-12-5-7-13(17)8-6-12/h5-8,14H,2-4,9-11H2,1H3,(H,18,21)(H,19,22)/t14-/m0/s1. The molecule has 0 aromatic heterocycles. The van der Waals surface area contributed by atoms with E-state index in [1.165, 1.54) is 0 Å². The summed E-state index contributed by atoms with van der Waals surface area (Å²) < 4.78 is 0. The molecule has 1 fully saturated rings. The molecule has 0 aliphatic carbocycles. The van der Waals surface area contributed by atoms with Crippen molar-refractivity contribution < 1.29 is 9.59 Å². The van der Waals surface area contributed by atoms with E-state index in [4.69, 9.17) is 11.6 Å². The number of nitrogens with zero attached hydrogens (tertiary/aromatic N) is 1. The maximum atomic E-state index is 11.8. The zero-order valence-electron chi connectivity index (χ0n) is 12.8. The van der Waals surface area contributed by atoms with Gasteiger partial charge in [0.05, 0.1) is 0 Å². The van der Waals surface area contributed by atoms with Crippen LogP contribution in [0, 0.1) is 0 Å². The van der Waals surface area contributed by atoms with Crippen molar-refractivity contribution in [1.82, 2.24) is 15.5 Å². The lowest BCUT2D eigenvalue weighted by Crippen LogP contribution is -2.45. The van der Waals surface area contributed by atoms with Gasteiger partial charge in [0.15, 0.2) is 0 Å². The Morgan fingerprint density at radius 1 is 1.23 bits per heavy atom. The maximum absolute atomic E-state index is 11.8. The van der Waals surface area contributed by atoms with Gasteiger partial charge < -0.3 is 10.6 Å². The molecule has 120 valence electrons. The van der Waals surface area contributed by atoms with E-state index in [0.717, 1.165) is 31.5 Å². The third-order valence-corrected chi connectivity index (χ3v) is 4.23. The van der Waals surface area contributed by atoms with Gasteiger partial charge >= 0.3 is 11.8 Å². The topological polar surface area (TPSA) is 61.4 Å². The lowest BCUT2D eigenvalue weighted by atomic mass is 10.2. The summed E-state index contributed by atoms with van der Waals surface area (Å²) in [6.07, 6.45) is 2.22. The Bertz CT molecular complexity index is 519. The van der Waals surface area contributed by atoms with Gasteiger partial charge in [-0.25, -0.2) is 0 Å². The zero-order valence-corrected chi connectivity index (χ0v) is 13.5. The Labute approximate surface area is 136 Å². The first-order chi connectivity index (χ1) is 10.6. The Balaban J connectivity index is 1.72. The van der Waals surface area contributed by atoms with Crippen LogP contribution in [0.15, 0.2) is 24.3 Å². The molecule has 22 heavy (non-hydrogen) atoms. The number of carbonyl (C=O) groups is 2. The fourth-order valence-electron chi connectivity index (χ4n) is 2.70. The van der Waals surface area contributed by atoms with Crippen LogP contribution in [0.5, 0.6) is 0 Å². The van der Waals surface area contributed by atoms with E-state index in [0.29, 0.717) is 24.2 Å². The van der Waals surface area contributed by atoms with Crippen molar-refractivity contribution in [2.45, 2.75) is 32.4 Å². The summed E-state index contributed by atoms with van der Waals surface area (Å²) in [5.41, 5.74) is 0.901. The van der Waals surface area contributed by atoms with Crippen LogP contribution < -0.4 is 10.6 Å². The minimum atomic E-state index is -0.601. The van der Waals surface area contributed by atoms with Crippen molar-refractivity contribution in [3.05, 3.63) is 34.9 Å². The maximum Gasteiger partial charge on any atom is 0.309 e. The third kappa shape index (κ3) is 4.71. The number of rotatable bonds is 5. The number of carbonyl (C=O) groups excluding carboxylic acids is 2. The second-order valence-electron chi connectivity index (χ2n) is 5.44. The Morgan fingerprint density at radius 3 is 2.59 bits per heavy atom. The highest BCUT2D eigenvalue weighted by Crippen LogP contribution is 2.15. The predicted octanol–water partition coefficient (Wildman–Crippen LogP) is 1.56. The highest BCUT2D eigenvalue weighted by Gasteiger charge is 2.24. The molecule has 1 heterocycles. The lowest BCUT2D eigenvalue weighted by molar-refractivity contribution is -0.139. The molecule has 2 N–H and O–H groups in total. The lowest BCUT2D eigenvalue weighted by Gasteiger charge is -2.22. The molecule has 0 saturated carbocycles. The fourth-order valence-corrected chi connectivity index (χ4v) is 2.82. The predicted molar refractivity (Wildman–Crippen MR) is 86.6 cm³/mol. The monoisotopic (exact) mass is 323 g/mol. The number of benzene rings is 1. The second kappa shape index (κ2) is 8.15. The summed E-state index contributed by atoms with van der Waals surface area (Å²) in [7, 11) is 0. The van der Waals surface area contributed by atoms with Gasteiger partial charge in [-0.3, -0.25) is 14.5 Å². The molecule has 1 saturated heterocycles. The van der Waals surface area contributed by atoms with Gasteiger partial charge in [-0.2, -0.15) is 0 Å². The minimum Gasteiger partial charge on any atom is -0.346 e. The first-order valence-electron chi connectivity index (χ1n) is 7.64. The summed E-state index contributed by atoms with van der Waals surface area (Å²) in [5, 5.41) is 5.97. The minimum absolute atomic E-state index is 0.313. The van der Waals surface area contributed by atoms with Gasteiger partial charge in [-0.15, -0.1) is 0 Å². The van der Waals surface area contributed by atoms with Gasteiger partial charge in [-0.1, -0.05) is 30.7 Å². The first kappa shape index (κ1) is 16.8. The molecule has 1 aromatic carbocycles. The number of nitrogens with one attached hydrogen (secondary N) is 2. The van der Waals surface area contributed by atoms with Gasteiger partial charge in [0.2, 0.25) is 0 Å². The first-order valence-corrected chi connectivity index (χ1v) is 8.02. The van der Waals surface area contributed by atoms with Crippen molar-refractivity contribution in [2.24, 2.45) is 0 Å². The molecular weight excluding hydrogens is 302 g/mol. The van der Waals surface area contributed by atoms with E-state index in [-0.39, 0.29) is 0 Å². The van der Waals surface area contributed by atoms with E-state index < -0.39 is 11.8 Å². The molecule has 6 heteroatoms. The molecule has 1 aliphatic heterocycles. The summed E-state index contributed by atoms with van der Waals surface area (Å²) in [6, 6.07) is 7.49. The normalized spacial score (nSPS) is 18.2. The number of likely N-dealkylation sites (N-methyl/N-ethyl adjacent to an activating group) is 1. The largest absolute Gasteiger partial charge is 0.346 e. The third-order valence-electron chi connectivity index (χ3n) is 3.98. The van der Waals surface area contributed by atoms with Crippen molar-refractivity contribution in [1.29, 1.82) is 0 Å². The fraction of sp³-hybridized carbons (Fsp3) is 0.500. The summed E-state index contributed by atoms with van der Waals surface area (Å²) in [5.74, 6) is -1.17. The number of halogens is 1. The molecule has 0 bridgehead atoms. The number of amides is 2.